The number of aromatic hydroxyl groups is 1. The Labute approximate surface area is 243 Å². The van der Waals surface area contributed by atoms with Crippen LogP contribution in [0.25, 0.3) is 5.76 Å². The van der Waals surface area contributed by atoms with Crippen molar-refractivity contribution in [2.75, 3.05) is 45.0 Å². The molecule has 0 radical (unpaired) electrons. The van der Waals surface area contributed by atoms with E-state index in [4.69, 9.17) is 5.73 Å². The molecule has 1 saturated carbocycles. The smallest absolute Gasteiger partial charge is 0.255 e. The van der Waals surface area contributed by atoms with E-state index in [2.05, 4.69) is 10.6 Å². The molecule has 8 N–H and O–H groups in total. The van der Waals surface area contributed by atoms with E-state index < -0.39 is 69.7 Å². The van der Waals surface area contributed by atoms with E-state index >= 15 is 0 Å². The van der Waals surface area contributed by atoms with E-state index in [1.807, 2.05) is 20.8 Å². The van der Waals surface area contributed by atoms with Crippen LogP contribution in [0.4, 0.5) is 11.4 Å². The minimum atomic E-state index is -2.73. The van der Waals surface area contributed by atoms with Crippen molar-refractivity contribution >= 4 is 40.5 Å². The molecule has 3 aliphatic carbocycles. The summed E-state index contributed by atoms with van der Waals surface area (Å²) in [6, 6.07) is 0.409. The first-order chi connectivity index (χ1) is 19.3. The maximum Gasteiger partial charge on any atom is 0.255 e. The average Bonchev–Trinajstić information content (AvgIpc) is 2.85. The molecule has 0 aromatic heterocycles. The van der Waals surface area contributed by atoms with Crippen LogP contribution >= 0.6 is 0 Å². The number of carbonyl (C=O) groups is 4. The first-order valence-electron chi connectivity index (χ1n) is 13.6. The maximum atomic E-state index is 14.0. The number of likely N-dealkylation sites (N-methyl/N-ethyl adjacent to an activating group) is 1. The van der Waals surface area contributed by atoms with E-state index in [0.717, 1.165) is 0 Å². The highest BCUT2D eigenvalue weighted by atomic mass is 16.3. The highest BCUT2D eigenvalue weighted by molar-refractivity contribution is 6.24. The number of primary amides is 1. The lowest BCUT2D eigenvalue weighted by Crippen LogP contribution is -2.65. The summed E-state index contributed by atoms with van der Waals surface area (Å²) in [7, 11) is 6.58. The first-order valence-corrected chi connectivity index (χ1v) is 13.6. The van der Waals surface area contributed by atoms with Gasteiger partial charge in [-0.05, 0) is 65.3 Å². The number of benzene rings is 1. The molecule has 2 unspecified atom stereocenters. The zero-order valence-electron chi connectivity index (χ0n) is 24.8. The number of anilines is 2. The molecule has 0 heterocycles. The Morgan fingerprint density at radius 2 is 1.74 bits per heavy atom. The highest BCUT2D eigenvalue weighted by Crippen LogP contribution is 2.54. The summed E-state index contributed by atoms with van der Waals surface area (Å²) < 4.78 is 0. The number of aliphatic hydroxyl groups is 3. The molecular formula is C29H39N5O8. The van der Waals surface area contributed by atoms with Gasteiger partial charge in [-0.2, -0.15) is 0 Å². The molecule has 4 atom stereocenters. The van der Waals surface area contributed by atoms with Gasteiger partial charge in [0.25, 0.3) is 5.91 Å². The molecule has 1 aromatic carbocycles. The number of hydrogen-bond donors (Lipinski definition) is 7. The number of nitrogens with two attached hydrogens (primary N) is 1. The van der Waals surface area contributed by atoms with E-state index in [0.29, 0.717) is 11.3 Å². The van der Waals surface area contributed by atoms with Gasteiger partial charge < -0.3 is 41.7 Å². The van der Waals surface area contributed by atoms with Crippen molar-refractivity contribution in [3.8, 4) is 5.75 Å². The average molecular weight is 586 g/mol. The molecule has 228 valence electrons. The van der Waals surface area contributed by atoms with Gasteiger partial charge in [0.15, 0.2) is 11.4 Å². The summed E-state index contributed by atoms with van der Waals surface area (Å²) >= 11 is 0. The highest BCUT2D eigenvalue weighted by Gasteiger charge is 2.64. The third kappa shape index (κ3) is 4.80. The SMILES string of the molecule is CN(C)c1cc(NC(=O)CNC(C)(C)C)c(O)c2c1CC1CC3[C@H](N(C)C)C(=O)C(C(N)=O)=C(O)[C@@]3(O)C(=O)C1=C2O. The second-order valence-electron chi connectivity index (χ2n) is 12.7. The number of phenolic OH excluding ortho intramolecular Hbond substituents is 1. The van der Waals surface area contributed by atoms with Gasteiger partial charge in [-0.15, -0.1) is 0 Å². The summed E-state index contributed by atoms with van der Waals surface area (Å²) in [5.74, 6) is -7.79. The normalized spacial score (nSPS) is 25.7. The van der Waals surface area contributed by atoms with Gasteiger partial charge in [0, 0.05) is 36.8 Å². The van der Waals surface area contributed by atoms with Gasteiger partial charge in [-0.3, -0.25) is 24.1 Å². The van der Waals surface area contributed by atoms with Crippen LogP contribution in [-0.4, -0.2) is 101 Å². The van der Waals surface area contributed by atoms with Gasteiger partial charge >= 0.3 is 0 Å². The van der Waals surface area contributed by atoms with Crippen molar-refractivity contribution in [2.45, 2.75) is 50.8 Å². The predicted molar refractivity (Wildman–Crippen MR) is 155 cm³/mol. The molecule has 0 bridgehead atoms. The number of hydrogen-bond acceptors (Lipinski definition) is 11. The van der Waals surface area contributed by atoms with Crippen LogP contribution in [0.1, 0.15) is 38.3 Å². The van der Waals surface area contributed by atoms with Crippen LogP contribution in [0.15, 0.2) is 23.0 Å². The Morgan fingerprint density at radius 3 is 2.26 bits per heavy atom. The van der Waals surface area contributed by atoms with Crippen molar-refractivity contribution in [3.63, 3.8) is 0 Å². The first kappa shape index (κ1) is 31.0. The van der Waals surface area contributed by atoms with Crippen LogP contribution in [-0.2, 0) is 25.6 Å². The number of phenols is 1. The number of Topliss-reactive ketones (excluding diaryl/α,β-unsaturated/α-hetero) is 2. The quantitative estimate of drug-likeness (QED) is 0.179. The number of aliphatic hydroxyl groups excluding tert-OH is 2. The fourth-order valence-corrected chi connectivity index (χ4v) is 6.33. The second kappa shape index (κ2) is 10.4. The largest absolute Gasteiger partial charge is 0.508 e. The maximum absolute atomic E-state index is 14.0. The third-order valence-corrected chi connectivity index (χ3v) is 8.23. The van der Waals surface area contributed by atoms with Gasteiger partial charge in [-0.25, -0.2) is 0 Å². The third-order valence-electron chi connectivity index (χ3n) is 8.23. The number of amides is 2. The number of nitrogens with one attached hydrogen (secondary N) is 2. The van der Waals surface area contributed by atoms with E-state index in [1.165, 1.54) is 4.90 Å². The number of rotatable bonds is 6. The van der Waals surface area contributed by atoms with Crippen LogP contribution in [0.3, 0.4) is 0 Å². The molecule has 3 aliphatic rings. The predicted octanol–water partition coefficient (Wildman–Crippen LogP) is 0.357. The zero-order chi connectivity index (χ0) is 31.6. The topological polar surface area (TPSA) is 206 Å². The van der Waals surface area contributed by atoms with Crippen molar-refractivity contribution in [1.29, 1.82) is 0 Å². The van der Waals surface area contributed by atoms with Crippen molar-refractivity contribution in [1.82, 2.24) is 10.2 Å². The molecule has 2 amide bonds. The standard InChI is InChI=1S/C29H39N5O8/c1-28(2,3)31-11-17(35)32-15-10-16(33(4)5)13-8-12-9-14-21(34(6)7)24(38)20(27(30)41)26(40)29(14,42)25(39)18(12)23(37)19(13)22(15)36/h10,12,14,21,31,36-37,40,42H,8-9,11H2,1-7H3,(H2,30,41)(H,32,35)/t12?,14?,21-,29-/m0/s1. The van der Waals surface area contributed by atoms with Gasteiger partial charge in [0.2, 0.25) is 11.7 Å². The van der Waals surface area contributed by atoms with Crippen LogP contribution < -0.4 is 21.3 Å². The Morgan fingerprint density at radius 1 is 1.12 bits per heavy atom. The molecule has 1 fully saturated rings. The van der Waals surface area contributed by atoms with Crippen molar-refractivity contribution < 1.29 is 39.6 Å². The molecule has 13 nitrogen and oxygen atoms in total. The minimum absolute atomic E-state index is 0.00158. The van der Waals surface area contributed by atoms with E-state index in [9.17, 15) is 39.6 Å². The van der Waals surface area contributed by atoms with E-state index in [1.54, 1.807) is 39.2 Å². The Bertz CT molecular complexity index is 1450. The van der Waals surface area contributed by atoms with Crippen molar-refractivity contribution in [3.05, 3.63) is 34.1 Å². The minimum Gasteiger partial charge on any atom is -0.508 e. The molecule has 0 saturated heterocycles. The van der Waals surface area contributed by atoms with Gasteiger partial charge in [0.1, 0.15) is 22.8 Å². The number of nitrogens with zero attached hydrogens (tertiary/aromatic N) is 2. The summed E-state index contributed by atoms with van der Waals surface area (Å²) in [6.45, 7) is 5.62. The lowest BCUT2D eigenvalue weighted by molar-refractivity contribution is -0.153. The summed E-state index contributed by atoms with van der Waals surface area (Å²) in [6.07, 6.45) is 0.117. The molecule has 4 rings (SSSR count). The number of fused-ring (bicyclic) bond motifs is 3. The van der Waals surface area contributed by atoms with Gasteiger partial charge in [0.05, 0.1) is 23.8 Å². The Hall–Kier alpha value is -3.94. The summed E-state index contributed by atoms with van der Waals surface area (Å²) in [5.41, 5.74) is 2.11. The van der Waals surface area contributed by atoms with E-state index in [-0.39, 0.29) is 41.7 Å². The van der Waals surface area contributed by atoms with Crippen LogP contribution in [0.2, 0.25) is 0 Å². The zero-order valence-corrected chi connectivity index (χ0v) is 24.8. The fraction of sp³-hybridized carbons (Fsp3) is 0.517. The molecule has 0 aliphatic heterocycles. The lowest BCUT2D eigenvalue weighted by atomic mass is 9.57. The second-order valence-corrected chi connectivity index (χ2v) is 12.7. The molecule has 42 heavy (non-hydrogen) atoms. The monoisotopic (exact) mass is 585 g/mol. The summed E-state index contributed by atoms with van der Waals surface area (Å²) in [5, 5.41) is 51.3. The van der Waals surface area contributed by atoms with Crippen LogP contribution in [0, 0.1) is 11.8 Å². The Balaban J connectivity index is 1.89. The fourth-order valence-electron chi connectivity index (χ4n) is 6.33. The summed E-state index contributed by atoms with van der Waals surface area (Å²) in [4.78, 5) is 55.3. The number of ketones is 2. The molecular weight excluding hydrogens is 546 g/mol. The van der Waals surface area contributed by atoms with Crippen molar-refractivity contribution in [2.24, 2.45) is 17.6 Å². The lowest BCUT2D eigenvalue weighted by Gasteiger charge is -2.50. The Kier molecular flexibility index (Phi) is 7.68. The molecule has 0 spiro atoms. The van der Waals surface area contributed by atoms with Gasteiger partial charge in [-0.1, -0.05) is 0 Å². The molecule has 13 heteroatoms. The van der Waals surface area contributed by atoms with Crippen LogP contribution in [0.5, 0.6) is 5.75 Å². The molecule has 1 aromatic rings. The number of carbonyl (C=O) groups excluding carboxylic acids is 4.